The number of halogens is 2. The highest BCUT2D eigenvalue weighted by Crippen LogP contribution is 2.42. The van der Waals surface area contributed by atoms with Crippen LogP contribution in [0, 0.1) is 5.92 Å². The highest BCUT2D eigenvalue weighted by Gasteiger charge is 2.39. The van der Waals surface area contributed by atoms with Crippen LogP contribution in [0.2, 0.25) is 0 Å². The number of nitrogens with zero attached hydrogens (tertiary/aromatic N) is 2. The second-order valence-electron chi connectivity index (χ2n) is 11.1. The van der Waals surface area contributed by atoms with Crippen molar-refractivity contribution in [2.75, 3.05) is 32.9 Å². The van der Waals surface area contributed by atoms with E-state index in [1.165, 1.54) is 10.9 Å². The Bertz CT molecular complexity index is 1150. The number of para-hydroxylation sites is 1. The Morgan fingerprint density at radius 2 is 1.83 bits per heavy atom. The molecule has 4 nitrogen and oxygen atoms in total. The number of alkyl halides is 2. The molecule has 0 spiro atoms. The number of aromatic amines is 1. The van der Waals surface area contributed by atoms with E-state index >= 15 is 0 Å². The van der Waals surface area contributed by atoms with Gasteiger partial charge in [-0.2, -0.15) is 0 Å². The first-order valence-corrected chi connectivity index (χ1v) is 12.9. The zero-order valence-corrected chi connectivity index (χ0v) is 21.0. The summed E-state index contributed by atoms with van der Waals surface area (Å²) in [6.45, 7) is 7.90. The Balaban J connectivity index is 1.43. The molecule has 0 radical (unpaired) electrons. The van der Waals surface area contributed by atoms with E-state index in [4.69, 9.17) is 0 Å². The molecule has 2 aromatic carbocycles. The molecule has 2 N–H and O–H groups in total. The van der Waals surface area contributed by atoms with E-state index in [9.17, 15) is 13.9 Å². The van der Waals surface area contributed by atoms with Gasteiger partial charge < -0.3 is 15.0 Å². The summed E-state index contributed by atoms with van der Waals surface area (Å²) in [5.74, 6) is 0.180. The molecular formula is C29H37F2N3O. The van der Waals surface area contributed by atoms with Crippen LogP contribution < -0.4 is 0 Å². The molecule has 3 atom stereocenters. The molecule has 1 saturated heterocycles. The van der Waals surface area contributed by atoms with Crippen LogP contribution in [0.4, 0.5) is 8.78 Å². The molecule has 3 heterocycles. The lowest BCUT2D eigenvalue weighted by molar-refractivity contribution is -0.00611. The Morgan fingerprint density at radius 1 is 1.11 bits per heavy atom. The van der Waals surface area contributed by atoms with E-state index in [-0.39, 0.29) is 24.7 Å². The van der Waals surface area contributed by atoms with E-state index in [1.54, 1.807) is 13.8 Å². The number of aliphatic hydroxyl groups excluding tert-OH is 1. The van der Waals surface area contributed by atoms with Crippen LogP contribution in [0.25, 0.3) is 10.9 Å². The van der Waals surface area contributed by atoms with Gasteiger partial charge >= 0.3 is 0 Å². The lowest BCUT2D eigenvalue weighted by atomic mass is 9.85. The van der Waals surface area contributed by atoms with Crippen LogP contribution in [-0.4, -0.2) is 64.5 Å². The topological polar surface area (TPSA) is 42.5 Å². The van der Waals surface area contributed by atoms with Gasteiger partial charge in [-0.15, -0.1) is 0 Å². The first-order valence-electron chi connectivity index (χ1n) is 12.9. The largest absolute Gasteiger partial charge is 0.388 e. The van der Waals surface area contributed by atoms with Gasteiger partial charge in [0.1, 0.15) is 5.67 Å². The summed E-state index contributed by atoms with van der Waals surface area (Å²) in [6.07, 6.45) is 0.906. The number of aliphatic hydroxyl groups is 1. The van der Waals surface area contributed by atoms with E-state index < -0.39 is 11.8 Å². The van der Waals surface area contributed by atoms with Gasteiger partial charge in [0, 0.05) is 54.7 Å². The van der Waals surface area contributed by atoms with Gasteiger partial charge in [-0.25, -0.2) is 4.39 Å². The van der Waals surface area contributed by atoms with Crippen LogP contribution in [0.15, 0.2) is 48.5 Å². The fraction of sp³-hybridized carbons (Fsp3) is 0.517. The molecule has 2 aliphatic heterocycles. The summed E-state index contributed by atoms with van der Waals surface area (Å²) >= 11 is 0. The summed E-state index contributed by atoms with van der Waals surface area (Å²) < 4.78 is 27.3. The average Bonchev–Trinajstić information content (AvgIpc) is 3.15. The quantitative estimate of drug-likeness (QED) is 0.442. The van der Waals surface area contributed by atoms with Gasteiger partial charge in [-0.05, 0) is 56.4 Å². The van der Waals surface area contributed by atoms with Gasteiger partial charge in [0.25, 0.3) is 0 Å². The molecular weight excluding hydrogens is 444 g/mol. The lowest BCUT2D eigenvalue weighted by Gasteiger charge is -2.43. The minimum Gasteiger partial charge on any atom is -0.388 e. The smallest absolute Gasteiger partial charge is 0.118 e. The minimum atomic E-state index is -1.32. The van der Waals surface area contributed by atoms with E-state index in [2.05, 4.69) is 52.0 Å². The van der Waals surface area contributed by atoms with Crippen LogP contribution in [-0.2, 0) is 6.42 Å². The second kappa shape index (κ2) is 9.64. The van der Waals surface area contributed by atoms with Crippen molar-refractivity contribution < 1.29 is 13.9 Å². The normalized spacial score (nSPS) is 22.8. The molecule has 0 amide bonds. The standard InChI is InChI=1S/C29H37F2N3O/c1-19-15-24-23-7-4-5-8-25(23)32-26(24)27(34(19)18-29(2,3)31)20-9-11-21(12-10-20)28(35)22-16-33(17-22)14-6-13-30/h4-5,7-12,19,22,27-28,32,35H,6,13-18H2,1-3H3/t19-,27?,28+/m1/s1. The zero-order valence-electron chi connectivity index (χ0n) is 21.0. The van der Waals surface area contributed by atoms with Gasteiger partial charge in [0.15, 0.2) is 0 Å². The number of hydrogen-bond acceptors (Lipinski definition) is 3. The monoisotopic (exact) mass is 481 g/mol. The van der Waals surface area contributed by atoms with Crippen molar-refractivity contribution in [3.8, 4) is 0 Å². The van der Waals surface area contributed by atoms with Crippen LogP contribution in [0.5, 0.6) is 0 Å². The molecule has 1 aromatic heterocycles. The zero-order chi connectivity index (χ0) is 24.7. The number of fused-ring (bicyclic) bond motifs is 3. The van der Waals surface area contributed by atoms with Crippen molar-refractivity contribution >= 4 is 10.9 Å². The molecule has 6 heteroatoms. The maximum absolute atomic E-state index is 14.9. The molecule has 35 heavy (non-hydrogen) atoms. The van der Waals surface area contributed by atoms with Crippen molar-refractivity contribution in [2.24, 2.45) is 5.92 Å². The first kappa shape index (κ1) is 24.4. The first-order chi connectivity index (χ1) is 16.7. The number of aromatic nitrogens is 1. The van der Waals surface area contributed by atoms with Crippen molar-refractivity contribution in [1.29, 1.82) is 0 Å². The van der Waals surface area contributed by atoms with Gasteiger partial charge in [0.05, 0.1) is 18.8 Å². The fourth-order valence-corrected chi connectivity index (χ4v) is 5.97. The van der Waals surface area contributed by atoms with Crippen molar-refractivity contribution in [3.63, 3.8) is 0 Å². The molecule has 5 rings (SSSR count). The van der Waals surface area contributed by atoms with Crippen LogP contribution >= 0.6 is 0 Å². The third kappa shape index (κ3) is 4.89. The van der Waals surface area contributed by atoms with Gasteiger partial charge in [-0.1, -0.05) is 42.5 Å². The number of nitrogens with one attached hydrogen (secondary N) is 1. The molecule has 0 aliphatic carbocycles. The van der Waals surface area contributed by atoms with Gasteiger partial charge in [0.2, 0.25) is 0 Å². The third-order valence-corrected chi connectivity index (χ3v) is 7.71. The summed E-state index contributed by atoms with van der Waals surface area (Å²) in [6, 6.07) is 16.7. The maximum atomic E-state index is 14.9. The predicted octanol–water partition coefficient (Wildman–Crippen LogP) is 5.58. The predicted molar refractivity (Wildman–Crippen MR) is 137 cm³/mol. The van der Waals surface area contributed by atoms with E-state index in [0.29, 0.717) is 13.0 Å². The fourth-order valence-electron chi connectivity index (χ4n) is 5.97. The summed E-state index contributed by atoms with van der Waals surface area (Å²) in [7, 11) is 0. The summed E-state index contributed by atoms with van der Waals surface area (Å²) in [5, 5.41) is 12.2. The SMILES string of the molecule is C[C@@H]1Cc2c([nH]c3ccccc23)C(c2ccc([C@H](O)C3CN(CCCF)C3)cc2)N1CC(C)(C)F. The Kier molecular flexibility index (Phi) is 6.73. The van der Waals surface area contributed by atoms with Crippen LogP contribution in [0.3, 0.4) is 0 Å². The number of likely N-dealkylation sites (tertiary alicyclic amines) is 1. The molecule has 2 aliphatic rings. The van der Waals surface area contributed by atoms with E-state index in [0.717, 1.165) is 48.4 Å². The second-order valence-corrected chi connectivity index (χ2v) is 11.1. The number of benzene rings is 2. The number of hydrogen-bond donors (Lipinski definition) is 2. The molecule has 1 fully saturated rings. The molecule has 0 bridgehead atoms. The number of rotatable bonds is 8. The lowest BCUT2D eigenvalue weighted by Crippen LogP contribution is -2.49. The third-order valence-electron chi connectivity index (χ3n) is 7.71. The van der Waals surface area contributed by atoms with Crippen molar-refractivity contribution in [2.45, 2.75) is 57.5 Å². The highest BCUT2D eigenvalue weighted by atomic mass is 19.1. The Labute approximate surface area is 206 Å². The minimum absolute atomic E-state index is 0.0812. The molecule has 188 valence electrons. The van der Waals surface area contributed by atoms with Crippen molar-refractivity contribution in [1.82, 2.24) is 14.8 Å². The van der Waals surface area contributed by atoms with E-state index in [1.807, 2.05) is 18.2 Å². The molecule has 0 saturated carbocycles. The molecule has 3 aromatic rings. The average molecular weight is 482 g/mol. The maximum Gasteiger partial charge on any atom is 0.118 e. The van der Waals surface area contributed by atoms with Gasteiger partial charge in [-0.3, -0.25) is 9.29 Å². The molecule has 1 unspecified atom stereocenters. The van der Waals surface area contributed by atoms with Crippen molar-refractivity contribution in [3.05, 3.63) is 70.9 Å². The Morgan fingerprint density at radius 3 is 2.51 bits per heavy atom. The highest BCUT2D eigenvalue weighted by molar-refractivity contribution is 5.85. The Hall–Kier alpha value is -2.28. The number of H-pyrrole nitrogens is 1. The summed E-state index contributed by atoms with van der Waals surface area (Å²) in [4.78, 5) is 8.12. The van der Waals surface area contributed by atoms with Crippen LogP contribution in [0.1, 0.15) is 61.7 Å². The summed E-state index contributed by atoms with van der Waals surface area (Å²) in [5.41, 5.74) is 4.27.